The van der Waals surface area contributed by atoms with Crippen LogP contribution in [0.2, 0.25) is 5.02 Å². The minimum Gasteiger partial charge on any atom is -0.493 e. The smallest absolute Gasteiger partial charge is 0.341 e. The number of fused-ring (bicyclic) bond motifs is 1. The quantitative estimate of drug-likeness (QED) is 0.366. The van der Waals surface area contributed by atoms with Gasteiger partial charge in [0.05, 0.1) is 35.0 Å². The van der Waals surface area contributed by atoms with Crippen LogP contribution in [0.25, 0.3) is 11.0 Å². The molecule has 0 spiro atoms. The van der Waals surface area contributed by atoms with Gasteiger partial charge in [0, 0.05) is 24.6 Å². The van der Waals surface area contributed by atoms with Gasteiger partial charge in [-0.2, -0.15) is 0 Å². The molecular weight excluding hydrogens is 468 g/mol. The number of rotatable bonds is 9. The molecule has 0 bridgehead atoms. The van der Waals surface area contributed by atoms with E-state index >= 15 is 0 Å². The number of ether oxygens (including phenoxy) is 2. The lowest BCUT2D eigenvalue weighted by Crippen LogP contribution is -2.34. The summed E-state index contributed by atoms with van der Waals surface area (Å²) in [5.41, 5.74) is 2.87. The number of hydrogen-bond acceptors (Lipinski definition) is 6. The topological polar surface area (TPSA) is 94.5 Å². The minimum atomic E-state index is -0.470. The molecule has 0 saturated heterocycles. The number of amides is 1. The van der Waals surface area contributed by atoms with Crippen molar-refractivity contribution >= 4 is 46.1 Å². The number of benzene rings is 2. The highest BCUT2D eigenvalue weighted by molar-refractivity contribution is 6.33. The number of carbonyl (C=O) groups is 2. The summed E-state index contributed by atoms with van der Waals surface area (Å²) in [4.78, 5) is 29.5. The molecule has 35 heavy (non-hydrogen) atoms. The van der Waals surface area contributed by atoms with Gasteiger partial charge in [0.2, 0.25) is 11.9 Å². The van der Waals surface area contributed by atoms with E-state index < -0.39 is 11.4 Å². The summed E-state index contributed by atoms with van der Waals surface area (Å²) >= 11 is 6.48. The molecule has 1 amide bonds. The van der Waals surface area contributed by atoms with Crippen molar-refractivity contribution in [1.29, 1.82) is 0 Å². The highest BCUT2D eigenvalue weighted by Gasteiger charge is 2.21. The number of esters is 1. The maximum Gasteiger partial charge on any atom is 0.341 e. The Morgan fingerprint density at radius 2 is 1.83 bits per heavy atom. The Morgan fingerprint density at radius 1 is 1.09 bits per heavy atom. The first-order chi connectivity index (χ1) is 16.6. The predicted octanol–water partition coefficient (Wildman–Crippen LogP) is 5.69. The van der Waals surface area contributed by atoms with Gasteiger partial charge >= 0.3 is 5.97 Å². The van der Waals surface area contributed by atoms with Gasteiger partial charge < -0.3 is 24.7 Å². The summed E-state index contributed by atoms with van der Waals surface area (Å²) in [6, 6.07) is 9.05. The van der Waals surface area contributed by atoms with E-state index in [-0.39, 0.29) is 12.5 Å². The largest absolute Gasteiger partial charge is 0.493 e. The molecule has 0 fully saturated rings. The van der Waals surface area contributed by atoms with Crippen LogP contribution in [0.4, 0.5) is 11.6 Å². The van der Waals surface area contributed by atoms with E-state index in [1.54, 1.807) is 19.1 Å². The van der Waals surface area contributed by atoms with E-state index in [1.807, 2.05) is 57.4 Å². The fourth-order valence-electron chi connectivity index (χ4n) is 3.56. The van der Waals surface area contributed by atoms with Crippen LogP contribution in [0, 0.1) is 5.41 Å². The highest BCUT2D eigenvalue weighted by Crippen LogP contribution is 2.32. The fraction of sp³-hybridized carbons (Fsp3) is 0.423. The number of aromatic nitrogens is 2. The Bertz CT molecular complexity index is 1230. The fourth-order valence-corrected chi connectivity index (χ4v) is 3.72. The monoisotopic (exact) mass is 500 g/mol. The molecule has 9 heteroatoms. The molecule has 0 aliphatic rings. The maximum atomic E-state index is 12.5. The molecule has 1 heterocycles. The van der Waals surface area contributed by atoms with Crippen molar-refractivity contribution in [2.45, 2.75) is 54.6 Å². The lowest BCUT2D eigenvalue weighted by molar-refractivity contribution is -0.128. The van der Waals surface area contributed by atoms with Crippen molar-refractivity contribution in [3.05, 3.63) is 46.5 Å². The zero-order chi connectivity index (χ0) is 25.8. The number of carbonyl (C=O) groups excluding carboxylic acids is 2. The lowest BCUT2D eigenvalue weighted by atomic mass is 9.95. The van der Waals surface area contributed by atoms with Crippen LogP contribution in [0.5, 0.6) is 5.75 Å². The molecule has 3 rings (SSSR count). The Labute approximate surface area is 211 Å². The molecular formula is C26H33ClN4O4. The summed E-state index contributed by atoms with van der Waals surface area (Å²) < 4.78 is 12.9. The summed E-state index contributed by atoms with van der Waals surface area (Å²) in [5, 5.41) is 6.79. The predicted molar refractivity (Wildman–Crippen MR) is 139 cm³/mol. The summed E-state index contributed by atoms with van der Waals surface area (Å²) in [6.45, 7) is 12.9. The summed E-state index contributed by atoms with van der Waals surface area (Å²) in [7, 11) is 0. The minimum absolute atomic E-state index is 0.0303. The molecule has 1 aromatic heterocycles. The number of aryl methyl sites for hydroxylation is 1. The molecule has 0 radical (unpaired) electrons. The van der Waals surface area contributed by atoms with E-state index in [4.69, 9.17) is 26.1 Å². The van der Waals surface area contributed by atoms with Crippen molar-refractivity contribution < 1.29 is 19.1 Å². The second-order valence-corrected chi connectivity index (χ2v) is 9.45. The van der Waals surface area contributed by atoms with Crippen molar-refractivity contribution in [3.63, 3.8) is 0 Å². The molecule has 8 nitrogen and oxygen atoms in total. The number of imidazole rings is 1. The normalized spacial score (nSPS) is 11.4. The second kappa shape index (κ2) is 11.0. The number of halogens is 1. The third-order valence-corrected chi connectivity index (χ3v) is 5.70. The van der Waals surface area contributed by atoms with E-state index in [0.29, 0.717) is 53.2 Å². The highest BCUT2D eigenvalue weighted by atomic mass is 35.5. The molecule has 0 saturated carbocycles. The first kappa shape index (κ1) is 26.3. The first-order valence-corrected chi connectivity index (χ1v) is 12.1. The van der Waals surface area contributed by atoms with Crippen molar-refractivity contribution in [2.75, 3.05) is 18.5 Å². The molecule has 188 valence electrons. The third kappa shape index (κ3) is 6.06. The van der Waals surface area contributed by atoms with Gasteiger partial charge in [-0.25, -0.2) is 9.78 Å². The van der Waals surface area contributed by atoms with Gasteiger partial charge in [0.15, 0.2) is 0 Å². The molecule has 0 atom stereocenters. The van der Waals surface area contributed by atoms with Gasteiger partial charge in [-0.1, -0.05) is 38.4 Å². The van der Waals surface area contributed by atoms with E-state index in [9.17, 15) is 9.59 Å². The van der Waals surface area contributed by atoms with Crippen LogP contribution < -0.4 is 15.4 Å². The first-order valence-electron chi connectivity index (χ1n) is 11.8. The number of nitrogens with one attached hydrogen (secondary N) is 2. The Balaban J connectivity index is 1.96. The van der Waals surface area contributed by atoms with Crippen LogP contribution in [-0.4, -0.2) is 34.6 Å². The van der Waals surface area contributed by atoms with Crippen LogP contribution in [0.3, 0.4) is 0 Å². The van der Waals surface area contributed by atoms with Crippen molar-refractivity contribution in [1.82, 2.24) is 14.9 Å². The Hall–Kier alpha value is -3.26. The lowest BCUT2D eigenvalue weighted by Gasteiger charge is -2.18. The molecule has 3 aromatic rings. The van der Waals surface area contributed by atoms with Crippen molar-refractivity contribution in [3.8, 4) is 5.75 Å². The van der Waals surface area contributed by atoms with Gasteiger partial charge in [-0.15, -0.1) is 0 Å². The van der Waals surface area contributed by atoms with E-state index in [2.05, 4.69) is 10.6 Å². The third-order valence-electron chi connectivity index (χ3n) is 5.37. The second-order valence-electron chi connectivity index (χ2n) is 9.04. The number of hydrogen-bond donors (Lipinski definition) is 2. The SMILES string of the molecule is CCOC(=O)c1cc2nc(Nc3cc(CNC(=O)C(C)(C)C)ccc3Cl)n(CC)c2cc1OCC. The molecule has 2 N–H and O–H groups in total. The van der Waals surface area contributed by atoms with Crippen LogP contribution in [0.1, 0.15) is 57.5 Å². The molecule has 0 aliphatic heterocycles. The summed E-state index contributed by atoms with van der Waals surface area (Å²) in [6.07, 6.45) is 0. The van der Waals surface area contributed by atoms with Crippen LogP contribution in [0.15, 0.2) is 30.3 Å². The molecule has 0 unspecified atom stereocenters. The van der Waals surface area contributed by atoms with Gasteiger partial charge in [0.25, 0.3) is 0 Å². The molecule has 2 aromatic carbocycles. The Kier molecular flexibility index (Phi) is 8.27. The standard InChI is InChI=1S/C26H33ClN4O4/c1-7-31-21-14-22(34-8-2)17(23(32)35-9-3)13-20(21)30-25(31)29-19-12-16(10-11-18(19)27)15-28-24(33)26(4,5)6/h10-14H,7-9,15H2,1-6H3,(H,28,33)(H,29,30). The van der Waals surface area contributed by atoms with Gasteiger partial charge in [0.1, 0.15) is 11.3 Å². The summed E-state index contributed by atoms with van der Waals surface area (Å²) in [5.74, 6) is 0.543. The Morgan fingerprint density at radius 3 is 2.46 bits per heavy atom. The van der Waals surface area contributed by atoms with Gasteiger partial charge in [-0.3, -0.25) is 4.79 Å². The van der Waals surface area contributed by atoms with Crippen molar-refractivity contribution in [2.24, 2.45) is 5.41 Å². The number of nitrogens with zero attached hydrogens (tertiary/aromatic N) is 2. The number of anilines is 2. The zero-order valence-electron chi connectivity index (χ0n) is 21.1. The van der Waals surface area contributed by atoms with Crippen LogP contribution >= 0.6 is 11.6 Å². The van der Waals surface area contributed by atoms with Crippen LogP contribution in [-0.2, 0) is 22.6 Å². The zero-order valence-corrected chi connectivity index (χ0v) is 21.9. The van der Waals surface area contributed by atoms with Gasteiger partial charge in [-0.05, 0) is 44.5 Å². The average Bonchev–Trinajstić information content (AvgIpc) is 3.14. The molecule has 0 aliphatic carbocycles. The van der Waals surface area contributed by atoms with E-state index in [1.165, 1.54) is 0 Å². The van der Waals surface area contributed by atoms with E-state index in [0.717, 1.165) is 11.1 Å². The maximum absolute atomic E-state index is 12.5. The average molecular weight is 501 g/mol.